The average Bonchev–Trinajstić information content (AvgIpc) is 2.36. The molecule has 0 aliphatic carbocycles. The fourth-order valence-electron chi connectivity index (χ4n) is 0.474. The van der Waals surface area contributed by atoms with E-state index in [-0.39, 0.29) is 0 Å². The van der Waals surface area contributed by atoms with E-state index in [1.54, 1.807) is 0 Å². The van der Waals surface area contributed by atoms with E-state index >= 15 is 0 Å². The van der Waals surface area contributed by atoms with E-state index in [9.17, 15) is 0 Å². The van der Waals surface area contributed by atoms with Crippen LogP contribution in [0, 0.1) is 0 Å². The third-order valence-corrected chi connectivity index (χ3v) is 1.54. The molecular weight excluding hydrogens is 319 g/mol. The molecule has 0 saturated heterocycles. The summed E-state index contributed by atoms with van der Waals surface area (Å²) >= 11 is 1.02. The Morgan fingerprint density at radius 1 is 0.647 bits per heavy atom. The molecule has 0 aliphatic rings. The zero-order valence-electron chi connectivity index (χ0n) is 11.6. The summed E-state index contributed by atoms with van der Waals surface area (Å²) in [5, 5.41) is 24.2. The van der Waals surface area contributed by atoms with Gasteiger partial charge in [0.1, 0.15) is 0 Å². The van der Waals surface area contributed by atoms with Crippen LogP contribution in [-0.2, 0) is 23.5 Å². The second kappa shape index (κ2) is 43.5. The first kappa shape index (κ1) is 26.6. The molecule has 0 aromatic heterocycles. The summed E-state index contributed by atoms with van der Waals surface area (Å²) in [6.07, 6.45) is 6.11. The number of unbranched alkanes of at least 4 members (excludes halogenated alkanes) is 3. The number of rotatable bonds is 6. The molecule has 0 radical (unpaired) electrons. The summed E-state index contributed by atoms with van der Waals surface area (Å²) in [5.41, 5.74) is 0. The van der Waals surface area contributed by atoms with Crippen LogP contribution in [0.15, 0.2) is 0 Å². The summed E-state index contributed by atoms with van der Waals surface area (Å²) in [6, 6.07) is 0. The van der Waals surface area contributed by atoms with Crippen LogP contribution in [0.3, 0.4) is 0 Å². The predicted octanol–water partition coefficient (Wildman–Crippen LogP) is 3.02. The molecule has 0 unspecified atom stereocenters. The molecule has 0 heterocycles. The van der Waals surface area contributed by atoms with Crippen molar-refractivity contribution in [2.24, 2.45) is 0 Å². The normalized spacial score (nSPS) is 7.65. The number of hydrogen-bond donors (Lipinski definition) is 3. The number of aliphatic hydroxyl groups excluding tert-OH is 3. The molecule has 0 aromatic carbocycles. The van der Waals surface area contributed by atoms with Crippen molar-refractivity contribution in [3.63, 3.8) is 0 Å². The van der Waals surface area contributed by atoms with Gasteiger partial charge in [-0.3, -0.25) is 0 Å². The van der Waals surface area contributed by atoms with Gasteiger partial charge in [0.2, 0.25) is 0 Å². The average molecular weight is 349 g/mol. The van der Waals surface area contributed by atoms with Crippen LogP contribution < -0.4 is 0 Å². The fourth-order valence-corrected chi connectivity index (χ4v) is 0.474. The van der Waals surface area contributed by atoms with Gasteiger partial charge in [-0.05, 0) is 19.3 Å². The topological polar surface area (TPSA) is 60.7 Å². The van der Waals surface area contributed by atoms with Gasteiger partial charge < -0.3 is 15.3 Å². The summed E-state index contributed by atoms with van der Waals surface area (Å²) in [4.78, 5) is 0. The summed E-state index contributed by atoms with van der Waals surface area (Å²) < 4.78 is 0. The maximum atomic E-state index is 8.07. The van der Waals surface area contributed by atoms with E-state index in [0.717, 1.165) is 62.1 Å². The van der Waals surface area contributed by atoms with Gasteiger partial charge in [-0.15, -0.1) is 0 Å². The Morgan fingerprint density at radius 3 is 0.824 bits per heavy atom. The van der Waals surface area contributed by atoms with E-state index in [1.165, 1.54) is 0 Å². The Balaban J connectivity index is -0.0000000693. The molecule has 0 fully saturated rings. The first-order valence-electron chi connectivity index (χ1n) is 6.26. The molecule has 0 saturated carbocycles. The van der Waals surface area contributed by atoms with Crippen LogP contribution in [0.5, 0.6) is 0 Å². The van der Waals surface area contributed by atoms with Crippen LogP contribution in [-0.4, -0.2) is 35.1 Å². The van der Waals surface area contributed by atoms with Crippen molar-refractivity contribution in [3.05, 3.63) is 0 Å². The molecule has 3 N–H and O–H groups in total. The van der Waals surface area contributed by atoms with E-state index in [0.29, 0.717) is 19.8 Å². The quantitative estimate of drug-likeness (QED) is 0.691. The minimum absolute atomic E-state index is 0.344. The molecule has 107 valence electrons. The molecule has 0 aromatic rings. The van der Waals surface area contributed by atoms with Gasteiger partial charge >= 0.3 is 32.0 Å². The Hall–Kier alpha value is 1.05. The Bertz CT molecular complexity index is 58.5. The van der Waals surface area contributed by atoms with E-state index in [2.05, 4.69) is 20.8 Å². The molecule has 5 heteroatoms. The van der Waals surface area contributed by atoms with Crippen molar-refractivity contribution in [1.29, 1.82) is 0 Å². The van der Waals surface area contributed by atoms with Gasteiger partial charge in [-0.2, -0.15) is 0 Å². The van der Waals surface area contributed by atoms with Gasteiger partial charge in [0, 0.05) is 19.8 Å². The number of aliphatic hydroxyl groups is 3. The molecule has 0 aliphatic heterocycles. The number of hydrogen-bond acceptors (Lipinski definition) is 3. The zero-order valence-corrected chi connectivity index (χ0v) is 14.8. The van der Waals surface area contributed by atoms with Crippen LogP contribution in [0.4, 0.5) is 0 Å². The maximum absolute atomic E-state index is 8.07. The third kappa shape index (κ3) is 77.7. The third-order valence-electron chi connectivity index (χ3n) is 1.54. The standard InChI is InChI=1S/3C4H10O.ClH.Zr/c3*1-2-3-4-5;;/h3*5H,2-4H2,1H3;1H;/q;;;;+1/p-1. The van der Waals surface area contributed by atoms with Crippen molar-refractivity contribution in [2.75, 3.05) is 19.8 Å². The second-order valence-corrected chi connectivity index (χ2v) is 3.23. The molecule has 0 spiro atoms. The van der Waals surface area contributed by atoms with Gasteiger partial charge in [0.05, 0.1) is 0 Å². The SMILES string of the molecule is CCCCO.CCCCO.CCCCO.[Cl][Zr]. The first-order valence-corrected chi connectivity index (χ1v) is 9.42. The van der Waals surface area contributed by atoms with Crippen LogP contribution >= 0.6 is 8.51 Å². The molecular formula is C12H30ClO3Zr. The first-order chi connectivity index (χ1) is 8.24. The Labute approximate surface area is 126 Å². The Morgan fingerprint density at radius 2 is 0.824 bits per heavy atom. The van der Waals surface area contributed by atoms with Crippen molar-refractivity contribution in [1.82, 2.24) is 0 Å². The van der Waals surface area contributed by atoms with Gasteiger partial charge in [-0.1, -0.05) is 40.0 Å². The van der Waals surface area contributed by atoms with Crippen LogP contribution in [0.25, 0.3) is 0 Å². The van der Waals surface area contributed by atoms with E-state index in [1.807, 2.05) is 0 Å². The summed E-state index contributed by atoms with van der Waals surface area (Å²) in [5.74, 6) is 0. The monoisotopic (exact) mass is 347 g/mol. The van der Waals surface area contributed by atoms with Crippen molar-refractivity contribution in [2.45, 2.75) is 59.3 Å². The van der Waals surface area contributed by atoms with Crippen LogP contribution in [0.2, 0.25) is 0 Å². The molecule has 3 nitrogen and oxygen atoms in total. The number of halogens is 1. The van der Waals surface area contributed by atoms with E-state index in [4.69, 9.17) is 23.8 Å². The van der Waals surface area contributed by atoms with Crippen molar-refractivity contribution >= 4 is 8.51 Å². The van der Waals surface area contributed by atoms with Crippen molar-refractivity contribution < 1.29 is 38.8 Å². The zero-order chi connectivity index (χ0) is 14.4. The van der Waals surface area contributed by atoms with Gasteiger partial charge in [-0.25, -0.2) is 0 Å². The Kier molecular flexibility index (Phi) is 68.0. The molecule has 0 atom stereocenters. The van der Waals surface area contributed by atoms with Crippen molar-refractivity contribution in [3.8, 4) is 0 Å². The van der Waals surface area contributed by atoms with Gasteiger partial charge in [0.25, 0.3) is 0 Å². The fraction of sp³-hybridized carbons (Fsp3) is 1.00. The molecule has 0 bridgehead atoms. The molecule has 17 heavy (non-hydrogen) atoms. The molecule has 0 amide bonds. The van der Waals surface area contributed by atoms with Gasteiger partial charge in [0.15, 0.2) is 0 Å². The van der Waals surface area contributed by atoms with Crippen LogP contribution in [0.1, 0.15) is 59.3 Å². The second-order valence-electron chi connectivity index (χ2n) is 3.23. The summed E-state index contributed by atoms with van der Waals surface area (Å²) in [6.45, 7) is 7.19. The minimum atomic E-state index is 0.344. The molecule has 0 rings (SSSR count). The summed E-state index contributed by atoms with van der Waals surface area (Å²) in [7, 11) is 4.73. The predicted molar refractivity (Wildman–Crippen MR) is 71.8 cm³/mol. The van der Waals surface area contributed by atoms with E-state index < -0.39 is 0 Å².